The second kappa shape index (κ2) is 20.7. The molecule has 5 rings (SSSR count). The van der Waals surface area contributed by atoms with E-state index in [0.717, 1.165) is 82.6 Å². The van der Waals surface area contributed by atoms with Gasteiger partial charge in [-0.05, 0) is 62.3 Å². The molecule has 12 nitrogen and oxygen atoms in total. The Hall–Kier alpha value is -3.93. The number of H-pyrrole nitrogens is 1. The summed E-state index contributed by atoms with van der Waals surface area (Å²) in [7, 11) is 1.57. The fourth-order valence-electron chi connectivity index (χ4n) is 8.40. The summed E-state index contributed by atoms with van der Waals surface area (Å²) in [6.07, 6.45) is 14.7. The molecule has 1 aromatic heterocycles. The van der Waals surface area contributed by atoms with Crippen molar-refractivity contribution in [2.75, 3.05) is 20.1 Å². The molecule has 2 aliphatic carbocycles. The zero-order valence-electron chi connectivity index (χ0n) is 32.8. The van der Waals surface area contributed by atoms with Crippen molar-refractivity contribution in [3.8, 4) is 0 Å². The number of amides is 4. The van der Waals surface area contributed by atoms with E-state index in [-0.39, 0.29) is 30.6 Å². The van der Waals surface area contributed by atoms with Crippen LogP contribution >= 0.6 is 0 Å². The number of imidazole rings is 1. The third-order valence-corrected chi connectivity index (χ3v) is 11.7. The summed E-state index contributed by atoms with van der Waals surface area (Å²) in [4.78, 5) is 65.3. The predicted molar refractivity (Wildman–Crippen MR) is 207 cm³/mol. The third kappa shape index (κ3) is 11.8. The average molecular weight is 749 g/mol. The quantitative estimate of drug-likeness (QED) is 0.185. The maximum Gasteiger partial charge on any atom is 0.429 e. The number of carbonyl (C=O) groups excluding carboxylic acids is 4. The third-order valence-electron chi connectivity index (χ3n) is 11.7. The van der Waals surface area contributed by atoms with Gasteiger partial charge in [-0.25, -0.2) is 19.8 Å². The molecule has 3 N–H and O–H groups in total. The first-order valence-corrected chi connectivity index (χ1v) is 20.7. The second-order valence-corrected chi connectivity index (χ2v) is 16.3. The standard InChI is InChI=1S/C42H64N6O6/c1-30(2)21-22-37(49)35(25-31-15-7-4-8-16-31)45-39(50)36(27-34-28-43-29-44-34)46(3)41(52)38(26-32-17-9-5-10-18-32)54-42(53)48-24-14-13-23-47(48)40(51)33-19-11-6-12-20-33/h5,9-10,17-18,28-31,33,35-38,49H,4,6-8,11-16,19-27H2,1-3H3,(H,43,44)(H,45,50)/t35?,36-,37?,38?/m0/s1. The van der Waals surface area contributed by atoms with Gasteiger partial charge < -0.3 is 25.0 Å². The van der Waals surface area contributed by atoms with Crippen molar-refractivity contribution in [2.24, 2.45) is 17.8 Å². The molecule has 3 fully saturated rings. The van der Waals surface area contributed by atoms with Gasteiger partial charge in [0.05, 0.1) is 18.5 Å². The highest BCUT2D eigenvalue weighted by atomic mass is 16.6. The summed E-state index contributed by atoms with van der Waals surface area (Å²) in [5.74, 6) is -0.253. The molecule has 0 spiro atoms. The minimum Gasteiger partial charge on any atom is -0.434 e. The lowest BCUT2D eigenvalue weighted by molar-refractivity contribution is -0.158. The smallest absolute Gasteiger partial charge is 0.429 e. The first kappa shape index (κ1) is 41.2. The summed E-state index contributed by atoms with van der Waals surface area (Å²) >= 11 is 0. The van der Waals surface area contributed by atoms with Crippen LogP contribution in [0.5, 0.6) is 0 Å². The van der Waals surface area contributed by atoms with Gasteiger partial charge in [-0.15, -0.1) is 0 Å². The topological polar surface area (TPSA) is 148 Å². The van der Waals surface area contributed by atoms with E-state index in [0.29, 0.717) is 43.5 Å². The van der Waals surface area contributed by atoms with E-state index in [9.17, 15) is 24.3 Å². The van der Waals surface area contributed by atoms with Crippen LogP contribution in [0.2, 0.25) is 0 Å². The lowest BCUT2D eigenvalue weighted by Crippen LogP contribution is -2.58. The van der Waals surface area contributed by atoms with Crippen LogP contribution in [0, 0.1) is 17.8 Å². The van der Waals surface area contributed by atoms with E-state index in [1.54, 1.807) is 18.3 Å². The largest absolute Gasteiger partial charge is 0.434 e. The van der Waals surface area contributed by atoms with Crippen LogP contribution in [-0.2, 0) is 32.0 Å². The van der Waals surface area contributed by atoms with Gasteiger partial charge in [0.15, 0.2) is 6.10 Å². The van der Waals surface area contributed by atoms with Crippen molar-refractivity contribution in [1.29, 1.82) is 0 Å². The minimum atomic E-state index is -1.26. The number of aromatic amines is 1. The number of carbonyl (C=O) groups is 4. The Kier molecular flexibility index (Phi) is 15.8. The molecule has 2 saturated carbocycles. The number of benzene rings is 1. The lowest BCUT2D eigenvalue weighted by Gasteiger charge is -2.40. The Morgan fingerprint density at radius 2 is 1.57 bits per heavy atom. The van der Waals surface area contributed by atoms with E-state index in [1.165, 1.54) is 22.7 Å². The zero-order chi connectivity index (χ0) is 38.5. The number of likely N-dealkylation sites (N-methyl/N-ethyl adjacent to an activating group) is 1. The first-order valence-electron chi connectivity index (χ1n) is 20.7. The number of aliphatic hydroxyl groups is 1. The van der Waals surface area contributed by atoms with Crippen LogP contribution in [0.4, 0.5) is 4.79 Å². The molecule has 1 saturated heterocycles. The van der Waals surface area contributed by atoms with Crippen molar-refractivity contribution in [1.82, 2.24) is 30.2 Å². The molecule has 1 aliphatic heterocycles. The van der Waals surface area contributed by atoms with Crippen LogP contribution < -0.4 is 5.32 Å². The number of rotatable bonds is 16. The number of ether oxygens (including phenoxy) is 1. The number of aliphatic hydroxyl groups excluding tert-OH is 1. The lowest BCUT2D eigenvalue weighted by atomic mass is 9.83. The summed E-state index contributed by atoms with van der Waals surface area (Å²) in [5, 5.41) is 17.6. The molecular weight excluding hydrogens is 684 g/mol. The monoisotopic (exact) mass is 748 g/mol. The molecule has 54 heavy (non-hydrogen) atoms. The minimum absolute atomic E-state index is 0.0518. The van der Waals surface area contributed by atoms with E-state index in [1.807, 2.05) is 30.3 Å². The fraction of sp³-hybridized carbons (Fsp3) is 0.690. The van der Waals surface area contributed by atoms with Crippen molar-refractivity contribution < 1.29 is 29.0 Å². The number of hydrazine groups is 1. The molecule has 0 radical (unpaired) electrons. The molecule has 2 aromatic rings. The number of aromatic nitrogens is 2. The van der Waals surface area contributed by atoms with Crippen molar-refractivity contribution >= 4 is 23.8 Å². The van der Waals surface area contributed by atoms with E-state index in [2.05, 4.69) is 29.1 Å². The van der Waals surface area contributed by atoms with E-state index >= 15 is 0 Å². The SMILES string of the molecule is CC(C)CCC(O)C(CC1CCCCC1)NC(=O)[C@H](Cc1cnc[nH]1)N(C)C(=O)C(Cc1ccccc1)OC(=O)N1CCCCN1C(=O)C1CCCCC1. The molecule has 1 aromatic carbocycles. The van der Waals surface area contributed by atoms with Crippen molar-refractivity contribution in [2.45, 2.75) is 147 Å². The number of nitrogens with zero attached hydrogens (tertiary/aromatic N) is 4. The van der Waals surface area contributed by atoms with Gasteiger partial charge in [0.25, 0.3) is 5.91 Å². The average Bonchev–Trinajstić information content (AvgIpc) is 3.72. The Bertz CT molecular complexity index is 1460. The summed E-state index contributed by atoms with van der Waals surface area (Å²) in [6, 6.07) is 7.91. The highest BCUT2D eigenvalue weighted by Gasteiger charge is 2.39. The maximum absolute atomic E-state index is 14.6. The van der Waals surface area contributed by atoms with Gasteiger partial charge >= 0.3 is 6.09 Å². The molecular formula is C42H64N6O6. The maximum atomic E-state index is 14.6. The summed E-state index contributed by atoms with van der Waals surface area (Å²) in [6.45, 7) is 5.00. The van der Waals surface area contributed by atoms with E-state index < -0.39 is 36.3 Å². The highest BCUT2D eigenvalue weighted by Crippen LogP contribution is 2.30. The molecule has 3 aliphatic rings. The Balaban J connectivity index is 1.37. The number of hydrogen-bond acceptors (Lipinski definition) is 7. The second-order valence-electron chi connectivity index (χ2n) is 16.3. The zero-order valence-corrected chi connectivity index (χ0v) is 32.8. The van der Waals surface area contributed by atoms with Gasteiger partial charge in [0.2, 0.25) is 11.8 Å². The highest BCUT2D eigenvalue weighted by molar-refractivity contribution is 5.91. The summed E-state index contributed by atoms with van der Waals surface area (Å²) in [5.41, 5.74) is 1.46. The molecule has 3 unspecified atom stereocenters. The molecule has 298 valence electrons. The normalized spacial score (nSPS) is 19.5. The van der Waals surface area contributed by atoms with Crippen molar-refractivity contribution in [3.05, 3.63) is 54.1 Å². The fourth-order valence-corrected chi connectivity index (χ4v) is 8.40. The number of nitrogens with one attached hydrogen (secondary N) is 2. The molecule has 2 heterocycles. The molecule has 0 bridgehead atoms. The first-order chi connectivity index (χ1) is 26.1. The van der Waals surface area contributed by atoms with Crippen LogP contribution in [0.25, 0.3) is 0 Å². The molecule has 12 heteroatoms. The van der Waals surface area contributed by atoms with Gasteiger partial charge in [0, 0.05) is 50.8 Å². The van der Waals surface area contributed by atoms with Gasteiger partial charge in [-0.2, -0.15) is 0 Å². The summed E-state index contributed by atoms with van der Waals surface area (Å²) < 4.78 is 6.09. The van der Waals surface area contributed by atoms with Gasteiger partial charge in [-0.3, -0.25) is 14.4 Å². The Morgan fingerprint density at radius 3 is 2.22 bits per heavy atom. The Labute approximate surface area is 321 Å². The van der Waals surface area contributed by atoms with Gasteiger partial charge in [0.1, 0.15) is 6.04 Å². The molecule has 4 atom stereocenters. The van der Waals surface area contributed by atoms with Crippen LogP contribution in [0.15, 0.2) is 42.9 Å². The predicted octanol–water partition coefficient (Wildman–Crippen LogP) is 6.20. The van der Waals surface area contributed by atoms with Crippen LogP contribution in [0.1, 0.15) is 121 Å². The number of hydrogen-bond donors (Lipinski definition) is 3. The van der Waals surface area contributed by atoms with Crippen LogP contribution in [-0.4, -0.2) is 98.2 Å². The Morgan fingerprint density at radius 1 is 0.907 bits per heavy atom. The van der Waals surface area contributed by atoms with Crippen LogP contribution in [0.3, 0.4) is 0 Å². The van der Waals surface area contributed by atoms with Crippen molar-refractivity contribution in [3.63, 3.8) is 0 Å². The van der Waals surface area contributed by atoms with Gasteiger partial charge in [-0.1, -0.05) is 95.5 Å². The molecule has 4 amide bonds. The van der Waals surface area contributed by atoms with E-state index in [4.69, 9.17) is 4.74 Å².